The van der Waals surface area contributed by atoms with E-state index in [9.17, 15) is 29.1 Å². The zero-order valence-corrected chi connectivity index (χ0v) is 31.6. The molecule has 5 atom stereocenters. The third kappa shape index (κ3) is 12.9. The summed E-state index contributed by atoms with van der Waals surface area (Å²) in [5.41, 5.74) is 1.79. The number of hydrogen-bond acceptors (Lipinski definition) is 10. The van der Waals surface area contributed by atoms with Crippen LogP contribution in [0, 0.1) is 17.8 Å². The molecule has 0 aliphatic carbocycles. The Morgan fingerprint density at radius 3 is 1.80 bits per heavy atom. The minimum Gasteiger partial charge on any atom is -0.480 e. The molecule has 0 spiro atoms. The maximum Gasteiger partial charge on any atom is 0.329 e. The van der Waals surface area contributed by atoms with Crippen LogP contribution in [0.15, 0.2) is 24.3 Å². The molecule has 0 aromatic heterocycles. The van der Waals surface area contributed by atoms with Gasteiger partial charge >= 0.3 is 17.9 Å². The van der Waals surface area contributed by atoms with Crippen molar-refractivity contribution in [3.63, 3.8) is 0 Å². The average Bonchev–Trinajstić information content (AvgIpc) is 3.07. The molecule has 0 bridgehead atoms. The standard InChI is InChI=1S/C37H60N4O9/c1-23(2)19-29(38-8)36(46)50-32(22-27-11-13-28(14-12-27)41-15-17-48-18-16-41)34(43)40(10)31(21-25(5)6)37(47)49-26(7)33(42)39(9)30(35(44)45)20-24(3)4/h11-14,23-26,29-32,38H,15-22H2,1-10H3,(H,44,45)/t26-,29+,30+,31+,32-/m1/s1. The van der Waals surface area contributed by atoms with Gasteiger partial charge in [0.2, 0.25) is 0 Å². The van der Waals surface area contributed by atoms with E-state index >= 15 is 0 Å². The lowest BCUT2D eigenvalue weighted by molar-refractivity contribution is -0.170. The number of carboxylic acids is 1. The maximum absolute atomic E-state index is 14.2. The van der Waals surface area contributed by atoms with Gasteiger partial charge in [-0.15, -0.1) is 0 Å². The summed E-state index contributed by atoms with van der Waals surface area (Å²) in [6.45, 7) is 15.7. The van der Waals surface area contributed by atoms with E-state index in [4.69, 9.17) is 14.2 Å². The van der Waals surface area contributed by atoms with Crippen molar-refractivity contribution < 1.29 is 43.3 Å². The first-order valence-electron chi connectivity index (χ1n) is 17.7. The Morgan fingerprint density at radius 2 is 1.30 bits per heavy atom. The lowest BCUT2D eigenvalue weighted by atomic mass is 10.0. The summed E-state index contributed by atoms with van der Waals surface area (Å²) in [4.78, 5) is 70.9. The van der Waals surface area contributed by atoms with Crippen LogP contribution in [0.1, 0.15) is 73.3 Å². The zero-order valence-electron chi connectivity index (χ0n) is 31.6. The number of anilines is 1. The molecule has 1 aromatic carbocycles. The Hall–Kier alpha value is -3.71. The Bertz CT molecular complexity index is 1260. The van der Waals surface area contributed by atoms with Crippen LogP contribution in [-0.2, 0) is 44.6 Å². The molecule has 0 radical (unpaired) electrons. The van der Waals surface area contributed by atoms with E-state index in [0.717, 1.165) is 29.2 Å². The van der Waals surface area contributed by atoms with Crippen LogP contribution in [0.3, 0.4) is 0 Å². The van der Waals surface area contributed by atoms with Crippen molar-refractivity contribution in [2.75, 3.05) is 52.3 Å². The molecule has 13 nitrogen and oxygen atoms in total. The zero-order chi connectivity index (χ0) is 37.7. The number of esters is 2. The number of carboxylic acid groups (broad SMARTS) is 1. The second-order valence-electron chi connectivity index (χ2n) is 14.5. The Kier molecular flexibility index (Phi) is 17.2. The predicted octanol–water partition coefficient (Wildman–Crippen LogP) is 3.37. The van der Waals surface area contributed by atoms with E-state index in [2.05, 4.69) is 10.2 Å². The largest absolute Gasteiger partial charge is 0.480 e. The van der Waals surface area contributed by atoms with Gasteiger partial charge in [0.1, 0.15) is 18.1 Å². The van der Waals surface area contributed by atoms with Crippen LogP contribution < -0.4 is 10.2 Å². The average molecular weight is 705 g/mol. The second-order valence-corrected chi connectivity index (χ2v) is 14.5. The first-order chi connectivity index (χ1) is 23.5. The molecule has 1 aliphatic rings. The SMILES string of the molecule is CN[C@@H](CC(C)C)C(=O)O[C@H](Cc1ccc(N2CCOCC2)cc1)C(=O)N(C)[C@@H](CC(C)C)C(=O)O[C@H](C)C(=O)N(C)[C@@H](CC(C)C)C(=O)O. The van der Waals surface area contributed by atoms with E-state index in [0.29, 0.717) is 19.6 Å². The number of likely N-dealkylation sites (N-methyl/N-ethyl adjacent to an activating group) is 3. The molecule has 50 heavy (non-hydrogen) atoms. The van der Waals surface area contributed by atoms with Crippen molar-refractivity contribution in [2.45, 2.75) is 104 Å². The number of amides is 2. The fourth-order valence-corrected chi connectivity index (χ4v) is 5.94. The molecule has 2 amide bonds. The number of benzene rings is 1. The van der Waals surface area contributed by atoms with Gasteiger partial charge in [0.25, 0.3) is 11.8 Å². The molecule has 1 heterocycles. The molecular formula is C37H60N4O9. The normalized spacial score (nSPS) is 16.4. The number of nitrogens with zero attached hydrogens (tertiary/aromatic N) is 3. The van der Waals surface area contributed by atoms with Crippen LogP contribution in [0.4, 0.5) is 5.69 Å². The van der Waals surface area contributed by atoms with Crippen molar-refractivity contribution in [1.29, 1.82) is 0 Å². The summed E-state index contributed by atoms with van der Waals surface area (Å²) in [5.74, 6) is -3.64. The Balaban J connectivity index is 2.34. The van der Waals surface area contributed by atoms with E-state index in [1.165, 1.54) is 25.9 Å². The minimum atomic E-state index is -1.30. The first-order valence-corrected chi connectivity index (χ1v) is 17.7. The lowest BCUT2D eigenvalue weighted by Crippen LogP contribution is -2.52. The van der Waals surface area contributed by atoms with Crippen LogP contribution in [0.5, 0.6) is 0 Å². The third-order valence-corrected chi connectivity index (χ3v) is 8.83. The van der Waals surface area contributed by atoms with Crippen LogP contribution >= 0.6 is 0 Å². The maximum atomic E-state index is 14.2. The van der Waals surface area contributed by atoms with Crippen molar-refractivity contribution in [3.05, 3.63) is 29.8 Å². The van der Waals surface area contributed by atoms with Crippen molar-refractivity contribution in [2.24, 2.45) is 17.8 Å². The molecule has 1 aliphatic heterocycles. The summed E-state index contributed by atoms with van der Waals surface area (Å²) in [6, 6.07) is 4.90. The number of nitrogens with one attached hydrogen (secondary N) is 1. The second kappa shape index (κ2) is 20.2. The number of ether oxygens (including phenoxy) is 3. The fraction of sp³-hybridized carbons (Fsp3) is 0.703. The summed E-state index contributed by atoms with van der Waals surface area (Å²) in [5, 5.41) is 12.7. The van der Waals surface area contributed by atoms with Gasteiger partial charge in [-0.1, -0.05) is 53.7 Å². The van der Waals surface area contributed by atoms with Gasteiger partial charge in [-0.05, 0) is 68.7 Å². The number of aliphatic carboxylic acids is 1. The smallest absolute Gasteiger partial charge is 0.329 e. The molecule has 282 valence electrons. The van der Waals surface area contributed by atoms with Crippen molar-refractivity contribution in [3.8, 4) is 0 Å². The van der Waals surface area contributed by atoms with E-state index < -0.39 is 60.1 Å². The first kappa shape index (κ1) is 42.5. The van der Waals surface area contributed by atoms with Crippen LogP contribution in [0.2, 0.25) is 0 Å². The van der Waals surface area contributed by atoms with Gasteiger partial charge < -0.3 is 39.3 Å². The van der Waals surface area contributed by atoms with Crippen LogP contribution in [0.25, 0.3) is 0 Å². The van der Waals surface area contributed by atoms with Gasteiger partial charge in [-0.2, -0.15) is 0 Å². The van der Waals surface area contributed by atoms with Gasteiger partial charge in [0.15, 0.2) is 12.2 Å². The highest BCUT2D eigenvalue weighted by Crippen LogP contribution is 2.22. The third-order valence-electron chi connectivity index (χ3n) is 8.83. The molecule has 1 fully saturated rings. The van der Waals surface area contributed by atoms with E-state index in [-0.39, 0.29) is 37.0 Å². The number of carbonyl (C=O) groups is 5. The highest BCUT2D eigenvalue weighted by atomic mass is 16.6. The summed E-state index contributed by atoms with van der Waals surface area (Å²) >= 11 is 0. The van der Waals surface area contributed by atoms with E-state index in [1.54, 1.807) is 7.05 Å². The minimum absolute atomic E-state index is 0.0119. The number of rotatable bonds is 19. The van der Waals surface area contributed by atoms with Crippen LogP contribution in [-0.4, -0.2) is 122 Å². The number of hydrogen-bond donors (Lipinski definition) is 2. The quantitative estimate of drug-likeness (QED) is 0.204. The summed E-state index contributed by atoms with van der Waals surface area (Å²) in [6.07, 6.45) is -1.53. The molecular weight excluding hydrogens is 644 g/mol. The van der Waals surface area contributed by atoms with Gasteiger partial charge in [-0.3, -0.25) is 14.4 Å². The molecule has 0 unspecified atom stereocenters. The summed E-state index contributed by atoms with van der Waals surface area (Å²) < 4.78 is 17.0. The molecule has 1 aromatic rings. The molecule has 13 heteroatoms. The van der Waals surface area contributed by atoms with Gasteiger partial charge in [-0.25, -0.2) is 9.59 Å². The molecule has 0 saturated carbocycles. The topological polar surface area (TPSA) is 155 Å². The summed E-state index contributed by atoms with van der Waals surface area (Å²) in [7, 11) is 4.50. The van der Waals surface area contributed by atoms with Crippen molar-refractivity contribution >= 4 is 35.4 Å². The number of morpholine rings is 1. The fourth-order valence-electron chi connectivity index (χ4n) is 5.94. The highest BCUT2D eigenvalue weighted by molar-refractivity contribution is 5.91. The van der Waals surface area contributed by atoms with Gasteiger partial charge in [0, 0.05) is 39.3 Å². The Labute approximate surface area is 298 Å². The van der Waals surface area contributed by atoms with Crippen molar-refractivity contribution in [1.82, 2.24) is 15.1 Å². The van der Waals surface area contributed by atoms with E-state index in [1.807, 2.05) is 65.8 Å². The van der Waals surface area contributed by atoms with Gasteiger partial charge in [0.05, 0.1) is 13.2 Å². The number of carbonyl (C=O) groups excluding carboxylic acids is 4. The molecule has 2 N–H and O–H groups in total. The lowest BCUT2D eigenvalue weighted by Gasteiger charge is -2.33. The highest BCUT2D eigenvalue weighted by Gasteiger charge is 2.38. The molecule has 2 rings (SSSR count). The Morgan fingerprint density at radius 1 is 0.780 bits per heavy atom. The predicted molar refractivity (Wildman–Crippen MR) is 191 cm³/mol. The molecule has 1 saturated heterocycles. The monoisotopic (exact) mass is 704 g/mol.